The number of morpholine rings is 1. The molecule has 0 saturated carbocycles. The molecule has 0 bridgehead atoms. The monoisotopic (exact) mass is 293 g/mol. The number of anilines is 2. The number of aromatic nitrogens is 2. The van der Waals surface area contributed by atoms with Crippen LogP contribution in [0.15, 0.2) is 6.33 Å². The van der Waals surface area contributed by atoms with E-state index in [1.54, 1.807) is 6.33 Å². The van der Waals surface area contributed by atoms with E-state index in [2.05, 4.69) is 46.4 Å². The molecule has 1 atom stereocenters. The number of nitrogens with zero attached hydrogens (tertiary/aromatic N) is 3. The molecule has 1 aliphatic heterocycles. The van der Waals surface area contributed by atoms with Crippen LogP contribution in [0.5, 0.6) is 0 Å². The van der Waals surface area contributed by atoms with Crippen LogP contribution in [0.3, 0.4) is 0 Å². The molecule has 1 aromatic rings. The van der Waals surface area contributed by atoms with Crippen LogP contribution in [-0.2, 0) is 11.2 Å². The molecule has 6 heteroatoms. The molecule has 2 rings (SSSR count). The second kappa shape index (κ2) is 8.14. The lowest BCUT2D eigenvalue weighted by molar-refractivity contribution is -0.0117. The molecule has 2 N–H and O–H groups in total. The van der Waals surface area contributed by atoms with E-state index in [0.717, 1.165) is 62.8 Å². The molecule has 1 aliphatic rings. The van der Waals surface area contributed by atoms with Crippen LogP contribution < -0.4 is 10.6 Å². The summed E-state index contributed by atoms with van der Waals surface area (Å²) in [5.74, 6) is 1.86. The first kappa shape index (κ1) is 16.0. The molecule has 0 spiro atoms. The lowest BCUT2D eigenvalue weighted by Gasteiger charge is -2.30. The molecule has 21 heavy (non-hydrogen) atoms. The Hall–Kier alpha value is -1.40. The Bertz CT molecular complexity index is 440. The third-order valence-electron chi connectivity index (χ3n) is 3.68. The second-order valence-corrected chi connectivity index (χ2v) is 5.47. The fourth-order valence-electron chi connectivity index (χ4n) is 2.50. The van der Waals surface area contributed by atoms with Crippen molar-refractivity contribution in [3.8, 4) is 0 Å². The van der Waals surface area contributed by atoms with Gasteiger partial charge in [0, 0.05) is 31.7 Å². The molecular formula is C15H27N5O. The Morgan fingerprint density at radius 3 is 2.71 bits per heavy atom. The largest absolute Gasteiger partial charge is 0.374 e. The zero-order chi connectivity index (χ0) is 15.1. The normalized spacial score (nSPS) is 19.5. The number of hydrogen-bond acceptors (Lipinski definition) is 6. The minimum atomic E-state index is 0.218. The minimum Gasteiger partial charge on any atom is -0.374 e. The SMILES string of the molecule is CCCNc1ncnc(NCC2CN(C)CCO2)c1CC. The van der Waals surface area contributed by atoms with Gasteiger partial charge in [0.2, 0.25) is 0 Å². The topological polar surface area (TPSA) is 62.3 Å². The van der Waals surface area contributed by atoms with Gasteiger partial charge in [-0.15, -0.1) is 0 Å². The molecular weight excluding hydrogens is 266 g/mol. The van der Waals surface area contributed by atoms with E-state index >= 15 is 0 Å². The average Bonchev–Trinajstić information content (AvgIpc) is 2.50. The minimum absolute atomic E-state index is 0.218. The average molecular weight is 293 g/mol. The summed E-state index contributed by atoms with van der Waals surface area (Å²) in [6.45, 7) is 8.76. The van der Waals surface area contributed by atoms with Crippen molar-refractivity contribution in [3.63, 3.8) is 0 Å². The third kappa shape index (κ3) is 4.54. The van der Waals surface area contributed by atoms with Gasteiger partial charge in [-0.2, -0.15) is 0 Å². The van der Waals surface area contributed by atoms with Crippen molar-refractivity contribution in [1.29, 1.82) is 0 Å². The second-order valence-electron chi connectivity index (χ2n) is 5.47. The van der Waals surface area contributed by atoms with Gasteiger partial charge in [0.15, 0.2) is 0 Å². The highest BCUT2D eigenvalue weighted by molar-refractivity contribution is 5.57. The van der Waals surface area contributed by atoms with E-state index in [9.17, 15) is 0 Å². The van der Waals surface area contributed by atoms with Gasteiger partial charge in [-0.25, -0.2) is 9.97 Å². The molecule has 0 aliphatic carbocycles. The van der Waals surface area contributed by atoms with Crippen molar-refractivity contribution >= 4 is 11.6 Å². The number of hydrogen-bond donors (Lipinski definition) is 2. The summed E-state index contributed by atoms with van der Waals surface area (Å²) >= 11 is 0. The molecule has 1 aromatic heterocycles. The van der Waals surface area contributed by atoms with E-state index in [4.69, 9.17) is 4.74 Å². The smallest absolute Gasteiger partial charge is 0.134 e. The Balaban J connectivity index is 1.98. The first-order valence-corrected chi connectivity index (χ1v) is 7.86. The molecule has 1 unspecified atom stereocenters. The van der Waals surface area contributed by atoms with Crippen LogP contribution in [0, 0.1) is 0 Å². The van der Waals surface area contributed by atoms with Gasteiger partial charge >= 0.3 is 0 Å². The van der Waals surface area contributed by atoms with Crippen molar-refractivity contribution in [1.82, 2.24) is 14.9 Å². The summed E-state index contributed by atoms with van der Waals surface area (Å²) in [5, 5.41) is 6.80. The van der Waals surface area contributed by atoms with E-state index in [1.165, 1.54) is 0 Å². The lowest BCUT2D eigenvalue weighted by Crippen LogP contribution is -2.43. The van der Waals surface area contributed by atoms with Gasteiger partial charge in [-0.05, 0) is 19.9 Å². The summed E-state index contributed by atoms with van der Waals surface area (Å²) in [5.41, 5.74) is 1.15. The van der Waals surface area contributed by atoms with Crippen molar-refractivity contribution in [3.05, 3.63) is 11.9 Å². The fourth-order valence-corrected chi connectivity index (χ4v) is 2.50. The van der Waals surface area contributed by atoms with Crippen molar-refractivity contribution in [2.24, 2.45) is 0 Å². The molecule has 0 amide bonds. The van der Waals surface area contributed by atoms with Crippen LogP contribution in [0.25, 0.3) is 0 Å². The highest BCUT2D eigenvalue weighted by Crippen LogP contribution is 2.20. The summed E-state index contributed by atoms with van der Waals surface area (Å²) in [4.78, 5) is 11.0. The molecule has 1 fully saturated rings. The molecule has 1 saturated heterocycles. The van der Waals surface area contributed by atoms with E-state index in [0.29, 0.717) is 0 Å². The lowest BCUT2D eigenvalue weighted by atomic mass is 10.2. The van der Waals surface area contributed by atoms with E-state index in [1.807, 2.05) is 0 Å². The van der Waals surface area contributed by atoms with Crippen LogP contribution in [0.2, 0.25) is 0 Å². The Morgan fingerprint density at radius 1 is 1.29 bits per heavy atom. The molecule has 0 aromatic carbocycles. The van der Waals surface area contributed by atoms with Gasteiger partial charge in [0.05, 0.1) is 12.7 Å². The maximum Gasteiger partial charge on any atom is 0.134 e. The predicted molar refractivity (Wildman–Crippen MR) is 85.9 cm³/mol. The predicted octanol–water partition coefficient (Wildman–Crippen LogP) is 1.60. The molecule has 2 heterocycles. The van der Waals surface area contributed by atoms with E-state index < -0.39 is 0 Å². The highest BCUT2D eigenvalue weighted by atomic mass is 16.5. The number of ether oxygens (including phenoxy) is 1. The first-order valence-electron chi connectivity index (χ1n) is 7.86. The maximum atomic E-state index is 5.78. The summed E-state index contributed by atoms with van der Waals surface area (Å²) in [7, 11) is 2.13. The molecule has 0 radical (unpaired) electrons. The van der Waals surface area contributed by atoms with Gasteiger partial charge in [0.1, 0.15) is 18.0 Å². The van der Waals surface area contributed by atoms with Crippen molar-refractivity contribution in [2.45, 2.75) is 32.8 Å². The number of nitrogens with one attached hydrogen (secondary N) is 2. The Morgan fingerprint density at radius 2 is 2.05 bits per heavy atom. The standard InChI is InChI=1S/C15H27N5O/c1-4-6-16-14-13(5-2)15(19-11-18-14)17-9-12-10-20(3)7-8-21-12/h11-12H,4-10H2,1-3H3,(H2,16,17,18,19). The first-order chi connectivity index (χ1) is 10.2. The summed E-state index contributed by atoms with van der Waals surface area (Å²) in [6.07, 6.45) is 3.82. The maximum absolute atomic E-state index is 5.78. The number of likely N-dealkylation sites (N-methyl/N-ethyl adjacent to an activating group) is 1. The Labute approximate surface area is 127 Å². The molecule has 118 valence electrons. The summed E-state index contributed by atoms with van der Waals surface area (Å²) in [6, 6.07) is 0. The number of rotatable bonds is 7. The van der Waals surface area contributed by atoms with Crippen LogP contribution in [0.1, 0.15) is 25.8 Å². The van der Waals surface area contributed by atoms with Gasteiger partial charge in [-0.1, -0.05) is 13.8 Å². The van der Waals surface area contributed by atoms with Crippen LogP contribution in [-0.4, -0.2) is 60.8 Å². The van der Waals surface area contributed by atoms with Crippen molar-refractivity contribution in [2.75, 3.05) is 50.5 Å². The molecule has 6 nitrogen and oxygen atoms in total. The van der Waals surface area contributed by atoms with Crippen LogP contribution >= 0.6 is 0 Å². The third-order valence-corrected chi connectivity index (χ3v) is 3.68. The fraction of sp³-hybridized carbons (Fsp3) is 0.733. The van der Waals surface area contributed by atoms with Gasteiger partial charge < -0.3 is 20.3 Å². The quantitative estimate of drug-likeness (QED) is 0.796. The zero-order valence-electron chi connectivity index (χ0n) is 13.4. The highest BCUT2D eigenvalue weighted by Gasteiger charge is 2.18. The zero-order valence-corrected chi connectivity index (χ0v) is 13.4. The van der Waals surface area contributed by atoms with Gasteiger partial charge in [-0.3, -0.25) is 0 Å². The van der Waals surface area contributed by atoms with Crippen LogP contribution in [0.4, 0.5) is 11.6 Å². The summed E-state index contributed by atoms with van der Waals surface area (Å²) < 4.78 is 5.78. The Kier molecular flexibility index (Phi) is 6.20. The van der Waals surface area contributed by atoms with Crippen molar-refractivity contribution < 1.29 is 4.74 Å². The van der Waals surface area contributed by atoms with Gasteiger partial charge in [0.25, 0.3) is 0 Å². The van der Waals surface area contributed by atoms with E-state index in [-0.39, 0.29) is 6.10 Å².